The van der Waals surface area contributed by atoms with E-state index in [4.69, 9.17) is 0 Å². The lowest BCUT2D eigenvalue weighted by atomic mass is 10.1. The van der Waals surface area contributed by atoms with E-state index in [0.717, 1.165) is 32.7 Å². The minimum Gasteiger partial charge on any atom is -0.369 e. The molecule has 0 aliphatic carbocycles. The first-order valence-corrected chi connectivity index (χ1v) is 6.38. The fraction of sp³-hybridized carbons (Fsp3) is 0.571. The molecule has 1 saturated heterocycles. The van der Waals surface area contributed by atoms with Gasteiger partial charge < -0.3 is 15.1 Å². The largest absolute Gasteiger partial charge is 0.369 e. The second-order valence-corrected chi connectivity index (χ2v) is 4.95. The molecule has 94 valence electrons. The van der Waals surface area contributed by atoms with Gasteiger partial charge in [0.15, 0.2) is 0 Å². The molecule has 3 nitrogen and oxygen atoms in total. The summed E-state index contributed by atoms with van der Waals surface area (Å²) in [6.45, 7) is 7.70. The van der Waals surface area contributed by atoms with Crippen molar-refractivity contribution >= 4 is 5.69 Å². The van der Waals surface area contributed by atoms with Crippen molar-refractivity contribution in [1.29, 1.82) is 0 Å². The Bertz CT molecular complexity index is 368. The SMILES string of the molecule is CNCc1cc(C)ccc1N1CCN(C)CC1. The summed E-state index contributed by atoms with van der Waals surface area (Å²) in [5, 5.41) is 3.26. The minimum absolute atomic E-state index is 0.948. The highest BCUT2D eigenvalue weighted by Crippen LogP contribution is 2.23. The number of hydrogen-bond donors (Lipinski definition) is 1. The van der Waals surface area contributed by atoms with E-state index in [2.05, 4.69) is 47.3 Å². The molecule has 0 amide bonds. The molecule has 0 unspecified atom stereocenters. The Balaban J connectivity index is 2.18. The van der Waals surface area contributed by atoms with Crippen LogP contribution in [0.2, 0.25) is 0 Å². The second-order valence-electron chi connectivity index (χ2n) is 4.95. The molecule has 0 spiro atoms. The number of hydrogen-bond acceptors (Lipinski definition) is 3. The van der Waals surface area contributed by atoms with Gasteiger partial charge in [-0.25, -0.2) is 0 Å². The third-order valence-corrected chi connectivity index (χ3v) is 3.45. The van der Waals surface area contributed by atoms with Crippen molar-refractivity contribution in [3.05, 3.63) is 29.3 Å². The minimum atomic E-state index is 0.948. The van der Waals surface area contributed by atoms with Crippen LogP contribution < -0.4 is 10.2 Å². The zero-order valence-electron chi connectivity index (χ0n) is 11.2. The lowest BCUT2D eigenvalue weighted by Crippen LogP contribution is -2.44. The summed E-state index contributed by atoms with van der Waals surface area (Å²) in [5.74, 6) is 0. The third-order valence-electron chi connectivity index (χ3n) is 3.45. The smallest absolute Gasteiger partial charge is 0.0412 e. The van der Waals surface area contributed by atoms with Crippen LogP contribution >= 0.6 is 0 Å². The molecule has 2 rings (SSSR count). The standard InChI is InChI=1S/C14H23N3/c1-12-4-5-14(13(10-12)11-15-2)17-8-6-16(3)7-9-17/h4-5,10,15H,6-9,11H2,1-3H3. The number of rotatable bonds is 3. The van der Waals surface area contributed by atoms with E-state index >= 15 is 0 Å². The summed E-state index contributed by atoms with van der Waals surface area (Å²) in [6, 6.07) is 6.78. The van der Waals surface area contributed by atoms with Crippen LogP contribution in [0.3, 0.4) is 0 Å². The highest BCUT2D eigenvalue weighted by molar-refractivity contribution is 5.55. The number of likely N-dealkylation sites (N-methyl/N-ethyl adjacent to an activating group) is 1. The zero-order valence-corrected chi connectivity index (χ0v) is 11.2. The van der Waals surface area contributed by atoms with Crippen molar-refractivity contribution in [3.8, 4) is 0 Å². The Hall–Kier alpha value is -1.06. The molecule has 1 N–H and O–H groups in total. The van der Waals surface area contributed by atoms with E-state index in [1.165, 1.54) is 16.8 Å². The molecule has 0 aromatic heterocycles. The molecule has 0 bridgehead atoms. The van der Waals surface area contributed by atoms with Crippen LogP contribution in [0, 0.1) is 6.92 Å². The summed E-state index contributed by atoms with van der Waals surface area (Å²) in [6.07, 6.45) is 0. The molecular formula is C14H23N3. The molecule has 1 aliphatic heterocycles. The maximum atomic E-state index is 3.26. The average molecular weight is 233 g/mol. The van der Waals surface area contributed by atoms with Gasteiger partial charge in [-0.2, -0.15) is 0 Å². The van der Waals surface area contributed by atoms with Crippen molar-refractivity contribution in [2.75, 3.05) is 45.2 Å². The predicted octanol–water partition coefficient (Wildman–Crippen LogP) is 1.47. The fourth-order valence-corrected chi connectivity index (χ4v) is 2.40. The Morgan fingerprint density at radius 3 is 2.53 bits per heavy atom. The van der Waals surface area contributed by atoms with Crippen LogP contribution in [0.1, 0.15) is 11.1 Å². The second kappa shape index (κ2) is 5.52. The van der Waals surface area contributed by atoms with Gasteiger partial charge in [-0.15, -0.1) is 0 Å². The first kappa shape index (κ1) is 12.4. The van der Waals surface area contributed by atoms with Crippen molar-refractivity contribution < 1.29 is 0 Å². The zero-order chi connectivity index (χ0) is 12.3. The van der Waals surface area contributed by atoms with Gasteiger partial charge in [-0.3, -0.25) is 0 Å². The summed E-state index contributed by atoms with van der Waals surface area (Å²) in [7, 11) is 4.21. The average Bonchev–Trinajstić information content (AvgIpc) is 2.31. The lowest BCUT2D eigenvalue weighted by molar-refractivity contribution is 0.312. The molecule has 1 fully saturated rings. The molecule has 0 atom stereocenters. The number of piperazine rings is 1. The van der Waals surface area contributed by atoms with Crippen LogP contribution in [0.25, 0.3) is 0 Å². The predicted molar refractivity (Wildman–Crippen MR) is 73.7 cm³/mol. The van der Waals surface area contributed by atoms with Gasteiger partial charge in [-0.1, -0.05) is 17.7 Å². The summed E-state index contributed by atoms with van der Waals surface area (Å²) < 4.78 is 0. The van der Waals surface area contributed by atoms with E-state index in [1.54, 1.807) is 0 Å². The topological polar surface area (TPSA) is 18.5 Å². The van der Waals surface area contributed by atoms with Crippen LogP contribution in [-0.4, -0.2) is 45.2 Å². The Morgan fingerprint density at radius 2 is 1.88 bits per heavy atom. The number of anilines is 1. The molecular weight excluding hydrogens is 210 g/mol. The van der Waals surface area contributed by atoms with Crippen LogP contribution in [0.5, 0.6) is 0 Å². The van der Waals surface area contributed by atoms with Gasteiger partial charge in [0.05, 0.1) is 0 Å². The van der Waals surface area contributed by atoms with E-state index in [9.17, 15) is 0 Å². The highest BCUT2D eigenvalue weighted by Gasteiger charge is 2.16. The van der Waals surface area contributed by atoms with Gasteiger partial charge in [-0.05, 0) is 32.6 Å². The van der Waals surface area contributed by atoms with Crippen LogP contribution in [0.4, 0.5) is 5.69 Å². The molecule has 1 aromatic rings. The van der Waals surface area contributed by atoms with E-state index < -0.39 is 0 Å². The molecule has 1 aromatic carbocycles. The summed E-state index contributed by atoms with van der Waals surface area (Å²) >= 11 is 0. The van der Waals surface area contributed by atoms with Crippen molar-refractivity contribution in [2.45, 2.75) is 13.5 Å². The number of nitrogens with zero attached hydrogens (tertiary/aromatic N) is 2. The molecule has 0 radical (unpaired) electrons. The summed E-state index contributed by atoms with van der Waals surface area (Å²) in [5.41, 5.74) is 4.16. The van der Waals surface area contributed by atoms with Gasteiger partial charge in [0.25, 0.3) is 0 Å². The molecule has 1 aliphatic rings. The Morgan fingerprint density at radius 1 is 1.18 bits per heavy atom. The van der Waals surface area contributed by atoms with Gasteiger partial charge in [0, 0.05) is 38.4 Å². The van der Waals surface area contributed by atoms with Crippen molar-refractivity contribution in [1.82, 2.24) is 10.2 Å². The Labute approximate surface area is 104 Å². The van der Waals surface area contributed by atoms with Crippen molar-refractivity contribution in [3.63, 3.8) is 0 Å². The van der Waals surface area contributed by atoms with E-state index in [1.807, 2.05) is 7.05 Å². The third kappa shape index (κ3) is 2.99. The fourth-order valence-electron chi connectivity index (χ4n) is 2.40. The maximum Gasteiger partial charge on any atom is 0.0412 e. The number of aryl methyl sites for hydroxylation is 1. The number of nitrogens with one attached hydrogen (secondary N) is 1. The van der Waals surface area contributed by atoms with Crippen LogP contribution in [-0.2, 0) is 6.54 Å². The van der Waals surface area contributed by atoms with E-state index in [-0.39, 0.29) is 0 Å². The molecule has 17 heavy (non-hydrogen) atoms. The first-order valence-electron chi connectivity index (χ1n) is 6.38. The van der Waals surface area contributed by atoms with Gasteiger partial charge >= 0.3 is 0 Å². The highest BCUT2D eigenvalue weighted by atomic mass is 15.2. The van der Waals surface area contributed by atoms with Crippen molar-refractivity contribution in [2.24, 2.45) is 0 Å². The van der Waals surface area contributed by atoms with Gasteiger partial charge in [0.2, 0.25) is 0 Å². The van der Waals surface area contributed by atoms with Crippen LogP contribution in [0.15, 0.2) is 18.2 Å². The number of benzene rings is 1. The molecule has 3 heteroatoms. The normalized spacial score (nSPS) is 17.5. The van der Waals surface area contributed by atoms with E-state index in [0.29, 0.717) is 0 Å². The lowest BCUT2D eigenvalue weighted by Gasteiger charge is -2.35. The Kier molecular flexibility index (Phi) is 4.02. The molecule has 0 saturated carbocycles. The first-order chi connectivity index (χ1) is 8.20. The quantitative estimate of drug-likeness (QED) is 0.853. The van der Waals surface area contributed by atoms with Gasteiger partial charge in [0.1, 0.15) is 0 Å². The summed E-state index contributed by atoms with van der Waals surface area (Å²) in [4.78, 5) is 4.90. The molecule has 1 heterocycles. The maximum absolute atomic E-state index is 3.26. The monoisotopic (exact) mass is 233 g/mol.